The van der Waals surface area contributed by atoms with Crippen molar-refractivity contribution in [1.82, 2.24) is 5.32 Å². The Bertz CT molecular complexity index is 549. The number of aryl methyl sites for hydroxylation is 2. The summed E-state index contributed by atoms with van der Waals surface area (Å²) < 4.78 is 0. The first kappa shape index (κ1) is 14.2. The lowest BCUT2D eigenvalue weighted by molar-refractivity contribution is 0.811. The largest absolute Gasteiger partial charge is 0.316 e. The van der Waals surface area contributed by atoms with E-state index < -0.39 is 0 Å². The van der Waals surface area contributed by atoms with Gasteiger partial charge in [-0.25, -0.2) is 0 Å². The van der Waals surface area contributed by atoms with Crippen molar-refractivity contribution in [3.05, 3.63) is 64.7 Å². The summed E-state index contributed by atoms with van der Waals surface area (Å²) in [4.78, 5) is 1.35. The molecule has 0 atom stereocenters. The molecule has 0 amide bonds. The van der Waals surface area contributed by atoms with Gasteiger partial charge in [0.15, 0.2) is 0 Å². The molecule has 1 N–H and O–H groups in total. The van der Waals surface area contributed by atoms with Crippen LogP contribution in [-0.4, -0.2) is 7.05 Å². The maximum Gasteiger partial charge on any atom is 0.0232 e. The molecule has 0 bridgehead atoms. The van der Waals surface area contributed by atoms with Gasteiger partial charge in [-0.3, -0.25) is 0 Å². The maximum atomic E-state index is 3.20. The molecule has 2 heteroatoms. The second-order valence-corrected chi connectivity index (χ2v) is 5.95. The van der Waals surface area contributed by atoms with E-state index in [1.807, 2.05) is 18.8 Å². The van der Waals surface area contributed by atoms with E-state index in [1.54, 1.807) is 0 Å². The standard InChI is InChI=1S/C17H21NS/c1-13-5-4-6-15(9-13)12-19-17-8-7-16(11-18-3)14(2)10-17/h4-10,18H,11-12H2,1-3H3. The molecule has 0 heterocycles. The Balaban J connectivity index is 2.02. The van der Waals surface area contributed by atoms with Crippen LogP contribution in [0.25, 0.3) is 0 Å². The third-order valence-electron chi connectivity index (χ3n) is 3.17. The first-order valence-electron chi connectivity index (χ1n) is 6.61. The smallest absolute Gasteiger partial charge is 0.0232 e. The van der Waals surface area contributed by atoms with Crippen molar-refractivity contribution in [3.63, 3.8) is 0 Å². The Morgan fingerprint density at radius 3 is 2.58 bits per heavy atom. The minimum atomic E-state index is 0.939. The molecule has 0 unspecified atom stereocenters. The van der Waals surface area contributed by atoms with Crippen molar-refractivity contribution in [1.29, 1.82) is 0 Å². The highest BCUT2D eigenvalue weighted by Gasteiger charge is 2.01. The Morgan fingerprint density at radius 1 is 1.05 bits per heavy atom. The molecule has 0 saturated heterocycles. The van der Waals surface area contributed by atoms with Gasteiger partial charge in [-0.05, 0) is 49.7 Å². The van der Waals surface area contributed by atoms with Crippen LogP contribution in [0.15, 0.2) is 47.4 Å². The molecule has 0 aliphatic carbocycles. The van der Waals surface area contributed by atoms with Gasteiger partial charge in [0, 0.05) is 17.2 Å². The van der Waals surface area contributed by atoms with Crippen LogP contribution in [0.4, 0.5) is 0 Å². The number of hydrogen-bond acceptors (Lipinski definition) is 2. The van der Waals surface area contributed by atoms with Crippen LogP contribution in [0, 0.1) is 13.8 Å². The normalized spacial score (nSPS) is 10.7. The number of thioether (sulfide) groups is 1. The Morgan fingerprint density at radius 2 is 1.89 bits per heavy atom. The van der Waals surface area contributed by atoms with Crippen LogP contribution < -0.4 is 5.32 Å². The van der Waals surface area contributed by atoms with E-state index in [0.717, 1.165) is 12.3 Å². The Labute approximate surface area is 120 Å². The SMILES string of the molecule is CNCc1ccc(SCc2cccc(C)c2)cc1C. The lowest BCUT2D eigenvalue weighted by Gasteiger charge is -2.08. The molecular formula is C17H21NS. The third kappa shape index (κ3) is 4.12. The van der Waals surface area contributed by atoms with Gasteiger partial charge in [-0.2, -0.15) is 0 Å². The number of benzene rings is 2. The van der Waals surface area contributed by atoms with Crippen LogP contribution in [0.3, 0.4) is 0 Å². The van der Waals surface area contributed by atoms with Gasteiger partial charge in [0.1, 0.15) is 0 Å². The molecule has 0 fully saturated rings. The van der Waals surface area contributed by atoms with Crippen LogP contribution >= 0.6 is 11.8 Å². The molecule has 0 radical (unpaired) electrons. The van der Waals surface area contributed by atoms with Gasteiger partial charge in [0.25, 0.3) is 0 Å². The molecule has 0 aliphatic heterocycles. The van der Waals surface area contributed by atoms with Gasteiger partial charge in [-0.1, -0.05) is 35.9 Å². The van der Waals surface area contributed by atoms with Crippen molar-refractivity contribution in [2.75, 3.05) is 7.05 Å². The van der Waals surface area contributed by atoms with Gasteiger partial charge in [-0.15, -0.1) is 11.8 Å². The molecule has 0 saturated carbocycles. The lowest BCUT2D eigenvalue weighted by Crippen LogP contribution is -2.06. The van der Waals surface area contributed by atoms with Crippen molar-refractivity contribution >= 4 is 11.8 Å². The van der Waals surface area contributed by atoms with E-state index in [-0.39, 0.29) is 0 Å². The minimum absolute atomic E-state index is 0.939. The van der Waals surface area contributed by atoms with Crippen molar-refractivity contribution in [3.8, 4) is 0 Å². The summed E-state index contributed by atoms with van der Waals surface area (Å²) in [5, 5.41) is 3.20. The van der Waals surface area contributed by atoms with Crippen molar-refractivity contribution in [2.24, 2.45) is 0 Å². The van der Waals surface area contributed by atoms with Crippen molar-refractivity contribution in [2.45, 2.75) is 31.0 Å². The molecule has 0 spiro atoms. The zero-order chi connectivity index (χ0) is 13.7. The molecule has 2 aromatic carbocycles. The lowest BCUT2D eigenvalue weighted by atomic mass is 10.1. The van der Waals surface area contributed by atoms with Gasteiger partial charge < -0.3 is 5.32 Å². The molecule has 19 heavy (non-hydrogen) atoms. The van der Waals surface area contributed by atoms with Crippen LogP contribution in [0.5, 0.6) is 0 Å². The fourth-order valence-corrected chi connectivity index (χ4v) is 3.05. The summed E-state index contributed by atoms with van der Waals surface area (Å²) in [5.41, 5.74) is 5.46. The zero-order valence-corrected chi connectivity index (χ0v) is 12.7. The highest BCUT2D eigenvalue weighted by atomic mass is 32.2. The Hall–Kier alpha value is -1.25. The Kier molecular flexibility index (Phi) is 5.06. The fraction of sp³-hybridized carbons (Fsp3) is 0.294. The average Bonchev–Trinajstić information content (AvgIpc) is 2.39. The minimum Gasteiger partial charge on any atom is -0.316 e. The number of nitrogens with one attached hydrogen (secondary N) is 1. The van der Waals surface area contributed by atoms with E-state index >= 15 is 0 Å². The number of rotatable bonds is 5. The molecule has 0 aromatic heterocycles. The van der Waals surface area contributed by atoms with Crippen LogP contribution in [-0.2, 0) is 12.3 Å². The first-order valence-corrected chi connectivity index (χ1v) is 7.60. The quantitative estimate of drug-likeness (QED) is 0.813. The summed E-state index contributed by atoms with van der Waals surface area (Å²) >= 11 is 1.90. The predicted octanol–water partition coefficient (Wildman–Crippen LogP) is 4.32. The van der Waals surface area contributed by atoms with E-state index in [4.69, 9.17) is 0 Å². The maximum absolute atomic E-state index is 3.20. The summed E-state index contributed by atoms with van der Waals surface area (Å²) in [6.45, 7) is 5.27. The summed E-state index contributed by atoms with van der Waals surface area (Å²) in [5.74, 6) is 1.03. The molecule has 0 aliphatic rings. The van der Waals surface area contributed by atoms with Gasteiger partial charge in [0.2, 0.25) is 0 Å². The highest BCUT2D eigenvalue weighted by Crippen LogP contribution is 2.25. The van der Waals surface area contributed by atoms with Gasteiger partial charge in [0.05, 0.1) is 0 Å². The van der Waals surface area contributed by atoms with E-state index in [2.05, 4.69) is 61.6 Å². The molecule has 100 valence electrons. The molecule has 1 nitrogen and oxygen atoms in total. The molecule has 2 rings (SSSR count). The monoisotopic (exact) mass is 271 g/mol. The third-order valence-corrected chi connectivity index (χ3v) is 4.23. The highest BCUT2D eigenvalue weighted by molar-refractivity contribution is 7.98. The van der Waals surface area contributed by atoms with Gasteiger partial charge >= 0.3 is 0 Å². The predicted molar refractivity (Wildman–Crippen MR) is 84.7 cm³/mol. The van der Waals surface area contributed by atoms with E-state index in [0.29, 0.717) is 0 Å². The van der Waals surface area contributed by atoms with E-state index in [9.17, 15) is 0 Å². The summed E-state index contributed by atoms with van der Waals surface area (Å²) in [6, 6.07) is 15.5. The second kappa shape index (κ2) is 6.78. The van der Waals surface area contributed by atoms with Crippen molar-refractivity contribution < 1.29 is 0 Å². The second-order valence-electron chi connectivity index (χ2n) is 4.90. The topological polar surface area (TPSA) is 12.0 Å². The van der Waals surface area contributed by atoms with Crippen LogP contribution in [0.2, 0.25) is 0 Å². The fourth-order valence-electron chi connectivity index (χ4n) is 2.12. The summed E-state index contributed by atoms with van der Waals surface area (Å²) in [6.07, 6.45) is 0. The first-order chi connectivity index (χ1) is 9.19. The number of hydrogen-bond donors (Lipinski definition) is 1. The molecular weight excluding hydrogens is 250 g/mol. The van der Waals surface area contributed by atoms with E-state index in [1.165, 1.54) is 27.1 Å². The van der Waals surface area contributed by atoms with Crippen LogP contribution in [0.1, 0.15) is 22.3 Å². The average molecular weight is 271 g/mol. The zero-order valence-electron chi connectivity index (χ0n) is 11.9. The molecule has 2 aromatic rings. The summed E-state index contributed by atoms with van der Waals surface area (Å²) in [7, 11) is 1.99.